The minimum absolute atomic E-state index is 0.0167. The molecular weight excluding hydrogens is 394 g/mol. The Hall–Kier alpha value is -2.19. The van der Waals surface area contributed by atoms with Crippen molar-refractivity contribution in [2.45, 2.75) is 38.5 Å². The molecule has 1 aliphatic heterocycles. The summed E-state index contributed by atoms with van der Waals surface area (Å²) in [5.74, 6) is -0.910. The molecule has 0 aromatic carbocycles. The quantitative estimate of drug-likeness (QED) is 0.800. The Morgan fingerprint density at radius 3 is 2.75 bits per heavy atom. The molecule has 0 bridgehead atoms. The van der Waals surface area contributed by atoms with Crippen LogP contribution < -0.4 is 11.1 Å². The van der Waals surface area contributed by atoms with E-state index in [1.165, 1.54) is 22.7 Å². The van der Waals surface area contributed by atoms with Crippen LogP contribution in [0.1, 0.15) is 56.2 Å². The van der Waals surface area contributed by atoms with Gasteiger partial charge in [-0.05, 0) is 55.5 Å². The lowest BCUT2D eigenvalue weighted by Gasteiger charge is -2.31. The predicted molar refractivity (Wildman–Crippen MR) is 111 cm³/mol. The molecule has 3 heterocycles. The van der Waals surface area contributed by atoms with Crippen LogP contribution in [0.2, 0.25) is 0 Å². The second-order valence-corrected chi connectivity index (χ2v) is 9.39. The van der Waals surface area contributed by atoms with Crippen LogP contribution in [0.15, 0.2) is 17.5 Å². The van der Waals surface area contributed by atoms with Crippen LogP contribution in [-0.2, 0) is 17.6 Å². The van der Waals surface area contributed by atoms with Gasteiger partial charge in [0, 0.05) is 18.0 Å². The maximum atomic E-state index is 12.9. The first kappa shape index (κ1) is 19.1. The number of thiophene rings is 2. The molecule has 2 aromatic rings. The van der Waals surface area contributed by atoms with Gasteiger partial charge in [-0.2, -0.15) is 0 Å². The Morgan fingerprint density at radius 1 is 1.18 bits per heavy atom. The largest absolute Gasteiger partial charge is 0.365 e. The fraction of sp³-hybridized carbons (Fsp3) is 0.450. The van der Waals surface area contributed by atoms with Gasteiger partial charge in [-0.15, -0.1) is 22.7 Å². The summed E-state index contributed by atoms with van der Waals surface area (Å²) in [7, 11) is 0. The molecule has 0 radical (unpaired) electrons. The SMILES string of the molecule is NC(=O)c1c(NC(=O)[C@@H]2CCCN(C(=O)c3cccs3)C2)sc2c1CCCC2. The number of nitrogens with one attached hydrogen (secondary N) is 1. The molecule has 28 heavy (non-hydrogen) atoms. The van der Waals surface area contributed by atoms with Crippen molar-refractivity contribution in [2.75, 3.05) is 18.4 Å². The monoisotopic (exact) mass is 417 g/mol. The van der Waals surface area contributed by atoms with E-state index in [2.05, 4.69) is 5.32 Å². The van der Waals surface area contributed by atoms with Crippen LogP contribution in [0.4, 0.5) is 5.00 Å². The zero-order chi connectivity index (χ0) is 19.7. The molecule has 148 valence electrons. The summed E-state index contributed by atoms with van der Waals surface area (Å²) >= 11 is 2.89. The third-order valence-corrected chi connectivity index (χ3v) is 7.53. The van der Waals surface area contributed by atoms with Gasteiger partial charge in [0.15, 0.2) is 0 Å². The number of carbonyl (C=O) groups is 3. The fourth-order valence-electron chi connectivity index (χ4n) is 4.06. The number of aryl methyl sites for hydroxylation is 1. The van der Waals surface area contributed by atoms with Gasteiger partial charge in [-0.25, -0.2) is 0 Å². The van der Waals surface area contributed by atoms with E-state index in [-0.39, 0.29) is 17.7 Å². The number of hydrogen-bond acceptors (Lipinski definition) is 5. The maximum absolute atomic E-state index is 12.9. The van der Waals surface area contributed by atoms with Crippen LogP contribution in [0.5, 0.6) is 0 Å². The lowest BCUT2D eigenvalue weighted by Crippen LogP contribution is -2.43. The lowest BCUT2D eigenvalue weighted by atomic mass is 9.95. The van der Waals surface area contributed by atoms with Gasteiger partial charge >= 0.3 is 0 Å². The molecule has 2 aromatic heterocycles. The molecule has 3 amide bonds. The number of piperidine rings is 1. The second-order valence-electron chi connectivity index (χ2n) is 7.34. The number of primary amides is 1. The Morgan fingerprint density at radius 2 is 2.00 bits per heavy atom. The topological polar surface area (TPSA) is 92.5 Å². The molecule has 0 spiro atoms. The number of nitrogens with two attached hydrogens (primary N) is 1. The van der Waals surface area contributed by atoms with Crippen molar-refractivity contribution in [2.24, 2.45) is 11.7 Å². The molecule has 1 fully saturated rings. The highest BCUT2D eigenvalue weighted by molar-refractivity contribution is 7.17. The zero-order valence-corrected chi connectivity index (χ0v) is 17.2. The van der Waals surface area contributed by atoms with Gasteiger partial charge in [0.2, 0.25) is 5.91 Å². The highest BCUT2D eigenvalue weighted by atomic mass is 32.1. The molecule has 1 atom stereocenters. The van der Waals surface area contributed by atoms with Gasteiger partial charge in [0.25, 0.3) is 11.8 Å². The van der Waals surface area contributed by atoms with E-state index in [4.69, 9.17) is 5.73 Å². The molecule has 0 unspecified atom stereocenters. The molecule has 4 rings (SSSR count). The van der Waals surface area contributed by atoms with Crippen molar-refractivity contribution in [1.29, 1.82) is 0 Å². The summed E-state index contributed by atoms with van der Waals surface area (Å²) < 4.78 is 0. The van der Waals surface area contributed by atoms with E-state index in [1.54, 1.807) is 4.90 Å². The summed E-state index contributed by atoms with van der Waals surface area (Å²) in [5.41, 5.74) is 7.11. The van der Waals surface area contributed by atoms with Crippen LogP contribution in [0.3, 0.4) is 0 Å². The first-order chi connectivity index (χ1) is 13.5. The molecule has 3 N–H and O–H groups in total. The summed E-state index contributed by atoms with van der Waals surface area (Å²) in [5, 5.41) is 5.41. The van der Waals surface area contributed by atoms with Crippen molar-refractivity contribution in [3.8, 4) is 0 Å². The summed E-state index contributed by atoms with van der Waals surface area (Å²) in [6, 6.07) is 3.67. The van der Waals surface area contributed by atoms with Crippen molar-refractivity contribution in [1.82, 2.24) is 4.90 Å². The first-order valence-corrected chi connectivity index (χ1v) is 11.3. The van der Waals surface area contributed by atoms with Crippen molar-refractivity contribution >= 4 is 45.4 Å². The van der Waals surface area contributed by atoms with Gasteiger partial charge in [-0.3, -0.25) is 14.4 Å². The van der Waals surface area contributed by atoms with Crippen LogP contribution in [0.25, 0.3) is 0 Å². The number of likely N-dealkylation sites (tertiary alicyclic amines) is 1. The van der Waals surface area contributed by atoms with E-state index in [9.17, 15) is 14.4 Å². The Labute approximate surface area is 171 Å². The Kier molecular flexibility index (Phi) is 5.50. The average Bonchev–Trinajstić information content (AvgIpc) is 3.35. The molecule has 1 aliphatic carbocycles. The number of amides is 3. The third-order valence-electron chi connectivity index (χ3n) is 5.47. The molecular formula is C20H23N3O3S2. The van der Waals surface area contributed by atoms with E-state index in [0.29, 0.717) is 28.5 Å². The third kappa shape index (κ3) is 3.71. The highest BCUT2D eigenvalue weighted by Gasteiger charge is 2.31. The minimum Gasteiger partial charge on any atom is -0.365 e. The molecule has 6 nitrogen and oxygen atoms in total. The Bertz CT molecular complexity index is 904. The van der Waals surface area contributed by atoms with Crippen molar-refractivity contribution in [3.05, 3.63) is 38.4 Å². The maximum Gasteiger partial charge on any atom is 0.263 e. The van der Waals surface area contributed by atoms with Gasteiger partial charge in [-0.1, -0.05) is 6.07 Å². The molecule has 8 heteroatoms. The minimum atomic E-state index is -0.479. The van der Waals surface area contributed by atoms with Crippen LogP contribution in [-0.4, -0.2) is 35.7 Å². The Balaban J connectivity index is 1.49. The molecule has 0 saturated carbocycles. The van der Waals surface area contributed by atoms with Gasteiger partial charge in [0.1, 0.15) is 5.00 Å². The summed E-state index contributed by atoms with van der Waals surface area (Å²) in [4.78, 5) is 41.2. The fourth-order valence-corrected chi connectivity index (χ4v) is 6.05. The number of nitrogens with zero attached hydrogens (tertiary/aromatic N) is 1. The van der Waals surface area contributed by atoms with Crippen LogP contribution >= 0.6 is 22.7 Å². The number of rotatable bonds is 4. The number of fused-ring (bicyclic) bond motifs is 1. The van der Waals surface area contributed by atoms with Gasteiger partial charge < -0.3 is 16.0 Å². The second kappa shape index (κ2) is 8.05. The van der Waals surface area contributed by atoms with Crippen LogP contribution in [0, 0.1) is 5.92 Å². The lowest BCUT2D eigenvalue weighted by molar-refractivity contribution is -0.121. The molecule has 1 saturated heterocycles. The zero-order valence-electron chi connectivity index (χ0n) is 15.5. The predicted octanol–water partition coefficient (Wildman–Crippen LogP) is 3.28. The van der Waals surface area contributed by atoms with Crippen molar-refractivity contribution in [3.63, 3.8) is 0 Å². The number of anilines is 1. The van der Waals surface area contributed by atoms with E-state index in [1.807, 2.05) is 17.5 Å². The van der Waals surface area contributed by atoms with E-state index >= 15 is 0 Å². The van der Waals surface area contributed by atoms with E-state index in [0.717, 1.165) is 49.0 Å². The smallest absolute Gasteiger partial charge is 0.263 e. The summed E-state index contributed by atoms with van der Waals surface area (Å²) in [6.45, 7) is 1.07. The average molecular weight is 418 g/mol. The van der Waals surface area contributed by atoms with Crippen molar-refractivity contribution < 1.29 is 14.4 Å². The first-order valence-electron chi connectivity index (χ1n) is 9.62. The highest BCUT2D eigenvalue weighted by Crippen LogP contribution is 2.38. The molecule has 2 aliphatic rings. The standard InChI is InChI=1S/C20H23N3O3S2/c21-17(24)16-13-6-1-2-7-14(13)28-19(16)22-18(25)12-5-3-9-23(11-12)20(26)15-8-4-10-27-15/h4,8,10,12H,1-3,5-7,9,11H2,(H2,21,24)(H,22,25)/t12-/m1/s1. The van der Waals surface area contributed by atoms with Gasteiger partial charge in [0.05, 0.1) is 16.4 Å². The number of carbonyl (C=O) groups excluding carboxylic acids is 3. The number of hydrogen-bond donors (Lipinski definition) is 2. The normalized spacial score (nSPS) is 19.1. The summed E-state index contributed by atoms with van der Waals surface area (Å²) in [6.07, 6.45) is 5.44. The van der Waals surface area contributed by atoms with E-state index < -0.39 is 5.91 Å².